The summed E-state index contributed by atoms with van der Waals surface area (Å²) in [6.07, 6.45) is 4.32. The van der Waals surface area contributed by atoms with Gasteiger partial charge in [-0.2, -0.15) is 0 Å². The maximum Gasteiger partial charge on any atom is 0.147 e. The van der Waals surface area contributed by atoms with E-state index >= 15 is 0 Å². The lowest BCUT2D eigenvalue weighted by Gasteiger charge is -2.34. The molecule has 0 bridgehead atoms. The quantitative estimate of drug-likeness (QED) is 0.917. The van der Waals surface area contributed by atoms with Crippen molar-refractivity contribution in [1.29, 1.82) is 0 Å². The predicted octanol–water partition coefficient (Wildman–Crippen LogP) is 3.32. The van der Waals surface area contributed by atoms with E-state index in [1.165, 1.54) is 12.8 Å². The monoisotopic (exact) mass is 331 g/mol. The number of anilines is 1. The van der Waals surface area contributed by atoms with Gasteiger partial charge in [0, 0.05) is 23.8 Å². The minimum atomic E-state index is 0.695. The lowest BCUT2D eigenvalue weighted by atomic mass is 9.98. The van der Waals surface area contributed by atoms with E-state index in [2.05, 4.69) is 38.1 Å². The zero-order valence-electron chi connectivity index (χ0n) is 10.6. The summed E-state index contributed by atoms with van der Waals surface area (Å²) >= 11 is 9.66. The molecule has 2 heterocycles. The molecular weight excluding hydrogens is 314 g/mol. The second-order valence-corrected chi connectivity index (χ2v) is 6.04. The van der Waals surface area contributed by atoms with Crippen LogP contribution in [0.3, 0.4) is 0 Å². The molecule has 0 aromatic carbocycles. The number of piperidine rings is 1. The molecule has 18 heavy (non-hydrogen) atoms. The standard InChI is InChI=1S/C13H19BrClN3/c1-2-16-7-10-4-3-5-18(9-10)13-12(15)6-11(14)8-17-13/h6,8,10,16H,2-5,7,9H2,1H3. The average Bonchev–Trinajstić information content (AvgIpc) is 2.36. The van der Waals surface area contributed by atoms with Crippen LogP contribution in [0.4, 0.5) is 5.82 Å². The molecule has 1 aromatic heterocycles. The first-order chi connectivity index (χ1) is 8.70. The fourth-order valence-corrected chi connectivity index (χ4v) is 3.16. The third-order valence-electron chi connectivity index (χ3n) is 3.29. The van der Waals surface area contributed by atoms with E-state index in [1.807, 2.05) is 12.3 Å². The summed E-state index contributed by atoms with van der Waals surface area (Å²) in [5.74, 6) is 1.61. The van der Waals surface area contributed by atoms with E-state index in [-0.39, 0.29) is 0 Å². The first-order valence-electron chi connectivity index (χ1n) is 6.47. The molecule has 1 N–H and O–H groups in total. The SMILES string of the molecule is CCNCC1CCCN(c2ncc(Br)cc2Cl)C1. The summed E-state index contributed by atoms with van der Waals surface area (Å²) in [7, 11) is 0. The lowest BCUT2D eigenvalue weighted by molar-refractivity contribution is 0.394. The first-order valence-corrected chi connectivity index (χ1v) is 7.64. The van der Waals surface area contributed by atoms with Gasteiger partial charge in [-0.15, -0.1) is 0 Å². The van der Waals surface area contributed by atoms with Gasteiger partial charge in [0.2, 0.25) is 0 Å². The zero-order chi connectivity index (χ0) is 13.0. The van der Waals surface area contributed by atoms with Gasteiger partial charge in [-0.3, -0.25) is 0 Å². The highest BCUT2D eigenvalue weighted by Crippen LogP contribution is 2.29. The summed E-state index contributed by atoms with van der Waals surface area (Å²) in [6, 6.07) is 1.91. The maximum absolute atomic E-state index is 6.27. The van der Waals surface area contributed by atoms with Crippen LogP contribution < -0.4 is 10.2 Å². The van der Waals surface area contributed by atoms with Gasteiger partial charge in [-0.1, -0.05) is 18.5 Å². The molecule has 100 valence electrons. The molecule has 1 aromatic rings. The fourth-order valence-electron chi connectivity index (χ4n) is 2.41. The molecule has 0 amide bonds. The molecule has 1 aliphatic heterocycles. The second kappa shape index (κ2) is 6.73. The molecule has 1 fully saturated rings. The number of aromatic nitrogens is 1. The van der Waals surface area contributed by atoms with E-state index in [1.54, 1.807) is 0 Å². The Labute approximate surface area is 122 Å². The van der Waals surface area contributed by atoms with Crippen LogP contribution in [0.2, 0.25) is 5.02 Å². The lowest BCUT2D eigenvalue weighted by Crippen LogP contribution is -2.40. The van der Waals surface area contributed by atoms with Crippen LogP contribution in [0.5, 0.6) is 0 Å². The highest BCUT2D eigenvalue weighted by molar-refractivity contribution is 9.10. The number of nitrogens with one attached hydrogen (secondary N) is 1. The van der Waals surface area contributed by atoms with Crippen molar-refractivity contribution in [2.45, 2.75) is 19.8 Å². The highest BCUT2D eigenvalue weighted by Gasteiger charge is 2.22. The highest BCUT2D eigenvalue weighted by atomic mass is 79.9. The molecule has 0 aliphatic carbocycles. The summed E-state index contributed by atoms with van der Waals surface area (Å²) in [6.45, 7) is 6.36. The van der Waals surface area contributed by atoms with Crippen LogP contribution in [0, 0.1) is 5.92 Å². The number of hydrogen-bond acceptors (Lipinski definition) is 3. The van der Waals surface area contributed by atoms with Gasteiger partial charge in [0.05, 0.1) is 5.02 Å². The van der Waals surface area contributed by atoms with Gasteiger partial charge in [-0.05, 0) is 53.8 Å². The van der Waals surface area contributed by atoms with Crippen LogP contribution in [0.25, 0.3) is 0 Å². The van der Waals surface area contributed by atoms with Crippen LogP contribution >= 0.6 is 27.5 Å². The Morgan fingerprint density at radius 3 is 3.17 bits per heavy atom. The Balaban J connectivity index is 2.03. The molecule has 0 radical (unpaired) electrons. The molecule has 0 saturated carbocycles. The van der Waals surface area contributed by atoms with Crippen LogP contribution in [-0.2, 0) is 0 Å². The van der Waals surface area contributed by atoms with E-state index in [9.17, 15) is 0 Å². The van der Waals surface area contributed by atoms with Gasteiger partial charge in [-0.25, -0.2) is 4.98 Å². The van der Waals surface area contributed by atoms with Crippen molar-refractivity contribution in [3.8, 4) is 0 Å². The molecule has 2 rings (SSSR count). The predicted molar refractivity (Wildman–Crippen MR) is 80.4 cm³/mol. The van der Waals surface area contributed by atoms with Crippen LogP contribution in [0.15, 0.2) is 16.7 Å². The molecule has 5 heteroatoms. The van der Waals surface area contributed by atoms with Gasteiger partial charge >= 0.3 is 0 Å². The van der Waals surface area contributed by atoms with Gasteiger partial charge in [0.15, 0.2) is 0 Å². The smallest absolute Gasteiger partial charge is 0.147 e. The van der Waals surface area contributed by atoms with Crippen molar-refractivity contribution in [2.75, 3.05) is 31.1 Å². The number of pyridine rings is 1. The topological polar surface area (TPSA) is 28.2 Å². The fraction of sp³-hybridized carbons (Fsp3) is 0.615. The molecule has 1 aliphatic rings. The van der Waals surface area contributed by atoms with Crippen molar-refractivity contribution < 1.29 is 0 Å². The van der Waals surface area contributed by atoms with Crippen molar-refractivity contribution >= 4 is 33.3 Å². The first kappa shape index (κ1) is 14.1. The summed E-state index contributed by atoms with van der Waals surface area (Å²) in [5, 5.41) is 4.16. The van der Waals surface area contributed by atoms with Crippen molar-refractivity contribution in [1.82, 2.24) is 10.3 Å². The van der Waals surface area contributed by atoms with E-state index in [0.29, 0.717) is 5.92 Å². The Morgan fingerprint density at radius 1 is 1.61 bits per heavy atom. The molecule has 1 saturated heterocycles. The molecular formula is C13H19BrClN3. The Morgan fingerprint density at radius 2 is 2.44 bits per heavy atom. The number of hydrogen-bond donors (Lipinski definition) is 1. The minimum Gasteiger partial charge on any atom is -0.355 e. The number of rotatable bonds is 4. The van der Waals surface area contributed by atoms with Crippen molar-refractivity contribution in [2.24, 2.45) is 5.92 Å². The largest absolute Gasteiger partial charge is 0.355 e. The van der Waals surface area contributed by atoms with Gasteiger partial charge < -0.3 is 10.2 Å². The number of halogens is 2. The molecule has 1 atom stereocenters. The summed E-state index contributed by atoms with van der Waals surface area (Å²) in [4.78, 5) is 6.75. The minimum absolute atomic E-state index is 0.695. The molecule has 3 nitrogen and oxygen atoms in total. The number of nitrogens with zero attached hydrogens (tertiary/aromatic N) is 2. The van der Waals surface area contributed by atoms with E-state index < -0.39 is 0 Å². The summed E-state index contributed by atoms with van der Waals surface area (Å²) in [5.41, 5.74) is 0. The zero-order valence-corrected chi connectivity index (χ0v) is 13.0. The maximum atomic E-state index is 6.27. The van der Waals surface area contributed by atoms with E-state index in [0.717, 1.165) is 41.5 Å². The van der Waals surface area contributed by atoms with Crippen LogP contribution in [-0.4, -0.2) is 31.2 Å². The van der Waals surface area contributed by atoms with Gasteiger partial charge in [0.1, 0.15) is 5.82 Å². The Kier molecular flexibility index (Phi) is 5.27. The van der Waals surface area contributed by atoms with Crippen molar-refractivity contribution in [3.05, 3.63) is 21.8 Å². The molecule has 1 unspecified atom stereocenters. The third kappa shape index (κ3) is 3.59. The molecule has 0 spiro atoms. The average molecular weight is 333 g/mol. The third-order valence-corrected chi connectivity index (χ3v) is 4.00. The van der Waals surface area contributed by atoms with Crippen LogP contribution in [0.1, 0.15) is 19.8 Å². The Hall–Kier alpha value is -0.320. The van der Waals surface area contributed by atoms with E-state index in [4.69, 9.17) is 11.6 Å². The van der Waals surface area contributed by atoms with Gasteiger partial charge in [0.25, 0.3) is 0 Å². The van der Waals surface area contributed by atoms with Crippen molar-refractivity contribution in [3.63, 3.8) is 0 Å². The Bertz CT molecular complexity index is 400. The summed E-state index contributed by atoms with van der Waals surface area (Å²) < 4.78 is 0.928. The normalized spacial score (nSPS) is 20.2. The second-order valence-electron chi connectivity index (χ2n) is 4.72.